The molecule has 6 heteroatoms. The van der Waals surface area contributed by atoms with E-state index >= 15 is 0 Å². The summed E-state index contributed by atoms with van der Waals surface area (Å²) < 4.78 is 6.45. The van der Waals surface area contributed by atoms with Crippen molar-refractivity contribution in [1.82, 2.24) is 0 Å². The predicted octanol–water partition coefficient (Wildman–Crippen LogP) is 5.18. The van der Waals surface area contributed by atoms with Crippen molar-refractivity contribution < 1.29 is 4.74 Å². The zero-order valence-corrected chi connectivity index (χ0v) is 13.4. The van der Waals surface area contributed by atoms with Crippen molar-refractivity contribution >= 4 is 56.3 Å². The highest BCUT2D eigenvalue weighted by atomic mass is 79.9. The minimum absolute atomic E-state index is 0.327. The van der Waals surface area contributed by atoms with Crippen molar-refractivity contribution in [1.29, 1.82) is 0 Å². The lowest BCUT2D eigenvalue weighted by atomic mass is 10.2. The van der Waals surface area contributed by atoms with Crippen LogP contribution < -0.4 is 10.5 Å². The Morgan fingerprint density at radius 2 is 1.68 bits per heavy atom. The Labute approximate surface area is 134 Å². The van der Waals surface area contributed by atoms with E-state index in [1.807, 2.05) is 0 Å². The van der Waals surface area contributed by atoms with Crippen LogP contribution in [0.2, 0.25) is 10.0 Å². The third-order valence-corrected chi connectivity index (χ3v) is 3.95. The SMILES string of the molecule is NC(=S)c1ccc(Oc2ccc(Cl)c(Cl)c2)cc1Br. The van der Waals surface area contributed by atoms with E-state index in [4.69, 9.17) is 45.9 Å². The second-order valence-corrected chi connectivity index (χ2v) is 5.79. The van der Waals surface area contributed by atoms with Crippen molar-refractivity contribution in [2.45, 2.75) is 0 Å². The molecule has 0 heterocycles. The highest BCUT2D eigenvalue weighted by Gasteiger charge is 2.06. The summed E-state index contributed by atoms with van der Waals surface area (Å²) in [6, 6.07) is 10.4. The second-order valence-electron chi connectivity index (χ2n) is 3.68. The van der Waals surface area contributed by atoms with Crippen molar-refractivity contribution in [3.05, 3.63) is 56.5 Å². The number of thiocarbonyl (C=S) groups is 1. The number of rotatable bonds is 3. The fraction of sp³-hybridized carbons (Fsp3) is 0. The molecular weight excluding hydrogens is 369 g/mol. The van der Waals surface area contributed by atoms with E-state index in [2.05, 4.69) is 15.9 Å². The van der Waals surface area contributed by atoms with Gasteiger partial charge < -0.3 is 10.5 Å². The number of halogens is 3. The van der Waals surface area contributed by atoms with E-state index in [0.29, 0.717) is 26.5 Å². The Hall–Kier alpha value is -0.810. The molecule has 0 fully saturated rings. The summed E-state index contributed by atoms with van der Waals surface area (Å²) >= 11 is 20.1. The number of nitrogens with two attached hydrogens (primary N) is 1. The van der Waals surface area contributed by atoms with Crippen molar-refractivity contribution in [3.8, 4) is 11.5 Å². The molecule has 2 aromatic rings. The van der Waals surface area contributed by atoms with Gasteiger partial charge in [0.15, 0.2) is 0 Å². The van der Waals surface area contributed by atoms with Gasteiger partial charge in [-0.25, -0.2) is 0 Å². The maximum Gasteiger partial charge on any atom is 0.129 e. The maximum atomic E-state index is 5.92. The zero-order chi connectivity index (χ0) is 14.0. The molecule has 19 heavy (non-hydrogen) atoms. The van der Waals surface area contributed by atoms with Gasteiger partial charge in [-0.3, -0.25) is 0 Å². The van der Waals surface area contributed by atoms with Gasteiger partial charge in [0, 0.05) is 16.1 Å². The summed E-state index contributed by atoms with van der Waals surface area (Å²) in [7, 11) is 0. The third-order valence-electron chi connectivity index (χ3n) is 2.33. The molecule has 0 atom stereocenters. The molecule has 0 radical (unpaired) electrons. The lowest BCUT2D eigenvalue weighted by Gasteiger charge is -2.09. The summed E-state index contributed by atoms with van der Waals surface area (Å²) in [4.78, 5) is 0.327. The van der Waals surface area contributed by atoms with Crippen molar-refractivity contribution in [2.24, 2.45) is 5.73 Å². The quantitative estimate of drug-likeness (QED) is 0.749. The maximum absolute atomic E-state index is 5.92. The first-order chi connectivity index (χ1) is 8.97. The first-order valence-electron chi connectivity index (χ1n) is 5.19. The largest absolute Gasteiger partial charge is 0.457 e. The van der Waals surface area contributed by atoms with Crippen LogP contribution in [0, 0.1) is 0 Å². The van der Waals surface area contributed by atoms with Gasteiger partial charge in [-0.1, -0.05) is 35.4 Å². The van der Waals surface area contributed by atoms with Gasteiger partial charge >= 0.3 is 0 Å². The van der Waals surface area contributed by atoms with E-state index in [-0.39, 0.29) is 0 Å². The van der Waals surface area contributed by atoms with Crippen LogP contribution in [0.5, 0.6) is 11.5 Å². The summed E-state index contributed by atoms with van der Waals surface area (Å²) in [6.45, 7) is 0. The molecule has 0 unspecified atom stereocenters. The van der Waals surface area contributed by atoms with E-state index in [1.165, 1.54) is 0 Å². The summed E-state index contributed by atoms with van der Waals surface area (Å²) in [5, 5.41) is 0.928. The van der Waals surface area contributed by atoms with Crippen LogP contribution >= 0.6 is 51.3 Å². The molecule has 98 valence electrons. The highest BCUT2D eigenvalue weighted by Crippen LogP contribution is 2.31. The molecule has 2 nitrogen and oxygen atoms in total. The minimum Gasteiger partial charge on any atom is -0.457 e. The molecular formula is C13H8BrCl2NOS. The molecule has 0 aromatic heterocycles. The van der Waals surface area contributed by atoms with Crippen molar-refractivity contribution in [3.63, 3.8) is 0 Å². The lowest BCUT2D eigenvalue weighted by molar-refractivity contribution is 0.482. The van der Waals surface area contributed by atoms with Gasteiger partial charge in [0.1, 0.15) is 16.5 Å². The van der Waals surface area contributed by atoms with Crippen LogP contribution in [0.25, 0.3) is 0 Å². The minimum atomic E-state index is 0.327. The Balaban J connectivity index is 2.26. The van der Waals surface area contributed by atoms with Crippen molar-refractivity contribution in [2.75, 3.05) is 0 Å². The fourth-order valence-electron chi connectivity index (χ4n) is 1.44. The van der Waals surface area contributed by atoms with E-state index in [0.717, 1.165) is 10.0 Å². The normalized spacial score (nSPS) is 10.3. The summed E-state index contributed by atoms with van der Waals surface area (Å²) in [5.74, 6) is 1.25. The van der Waals surface area contributed by atoms with Gasteiger partial charge in [0.05, 0.1) is 10.0 Å². The van der Waals surface area contributed by atoms with Gasteiger partial charge in [-0.05, 0) is 46.3 Å². The summed E-state index contributed by atoms with van der Waals surface area (Å²) in [5.41, 5.74) is 6.34. The molecule has 0 aliphatic rings. The Morgan fingerprint density at radius 3 is 2.26 bits per heavy atom. The van der Waals surface area contributed by atoms with Gasteiger partial charge in [-0.2, -0.15) is 0 Å². The average Bonchev–Trinajstić information content (AvgIpc) is 2.33. The lowest BCUT2D eigenvalue weighted by Crippen LogP contribution is -2.09. The Morgan fingerprint density at radius 1 is 1.05 bits per heavy atom. The van der Waals surface area contributed by atoms with Crippen LogP contribution in [0.4, 0.5) is 0 Å². The van der Waals surface area contributed by atoms with E-state index in [9.17, 15) is 0 Å². The fourth-order valence-corrected chi connectivity index (χ4v) is 2.60. The zero-order valence-electron chi connectivity index (χ0n) is 9.49. The molecule has 0 aliphatic carbocycles. The average molecular weight is 377 g/mol. The first kappa shape index (κ1) is 14.6. The Kier molecular flexibility index (Phi) is 4.68. The molecule has 2 N–H and O–H groups in total. The topological polar surface area (TPSA) is 35.2 Å². The monoisotopic (exact) mass is 375 g/mol. The molecule has 2 rings (SSSR count). The van der Waals surface area contributed by atoms with Crippen LogP contribution in [0.1, 0.15) is 5.56 Å². The van der Waals surface area contributed by atoms with Crippen LogP contribution in [-0.2, 0) is 0 Å². The van der Waals surface area contributed by atoms with Crippen LogP contribution in [0.3, 0.4) is 0 Å². The smallest absolute Gasteiger partial charge is 0.129 e. The van der Waals surface area contributed by atoms with E-state index in [1.54, 1.807) is 36.4 Å². The summed E-state index contributed by atoms with van der Waals surface area (Å²) in [6.07, 6.45) is 0. The molecule has 0 amide bonds. The first-order valence-corrected chi connectivity index (χ1v) is 7.15. The van der Waals surface area contributed by atoms with Gasteiger partial charge in [-0.15, -0.1) is 0 Å². The Bertz CT molecular complexity index is 649. The molecule has 2 aromatic carbocycles. The highest BCUT2D eigenvalue weighted by molar-refractivity contribution is 9.10. The second kappa shape index (κ2) is 6.09. The molecule has 0 saturated carbocycles. The molecule has 0 bridgehead atoms. The molecule has 0 spiro atoms. The number of benzene rings is 2. The van der Waals surface area contributed by atoms with Crippen LogP contribution in [-0.4, -0.2) is 4.99 Å². The van der Waals surface area contributed by atoms with E-state index < -0.39 is 0 Å². The van der Waals surface area contributed by atoms with Gasteiger partial charge in [0.25, 0.3) is 0 Å². The number of hydrogen-bond donors (Lipinski definition) is 1. The molecule has 0 saturated heterocycles. The standard InChI is InChI=1S/C13H8BrCl2NOS/c14-10-5-7(1-3-9(10)13(17)19)18-8-2-4-11(15)12(16)6-8/h1-6H,(H2,17,19). The number of ether oxygens (including phenoxy) is 1. The number of hydrogen-bond acceptors (Lipinski definition) is 2. The molecule has 0 aliphatic heterocycles. The third kappa shape index (κ3) is 3.60. The van der Waals surface area contributed by atoms with Crippen LogP contribution in [0.15, 0.2) is 40.9 Å². The predicted molar refractivity (Wildman–Crippen MR) is 86.6 cm³/mol. The van der Waals surface area contributed by atoms with Gasteiger partial charge in [0.2, 0.25) is 0 Å².